The highest BCUT2D eigenvalue weighted by Gasteiger charge is 2.16. The monoisotopic (exact) mass is 476 g/mol. The summed E-state index contributed by atoms with van der Waals surface area (Å²) < 4.78 is 27.8. The van der Waals surface area contributed by atoms with Gasteiger partial charge < -0.3 is 4.98 Å². The lowest BCUT2D eigenvalue weighted by Gasteiger charge is -2.10. The van der Waals surface area contributed by atoms with Crippen molar-refractivity contribution in [2.24, 2.45) is 0 Å². The number of hydrazine groups is 1. The van der Waals surface area contributed by atoms with E-state index < -0.39 is 15.9 Å². The van der Waals surface area contributed by atoms with E-state index in [0.717, 1.165) is 22.0 Å². The second kappa shape index (κ2) is 10.3. The molecule has 0 bridgehead atoms. The highest BCUT2D eigenvalue weighted by Crippen LogP contribution is 2.19. The van der Waals surface area contributed by atoms with Crippen LogP contribution in [0, 0.1) is 0 Å². The standard InChI is InChI=1S/C25H24N4O4S/c30-24(14-13-20-17-26-23-12-5-4-11-22(20)23)28-29-25(31)19-9-6-10-21(15-19)34(32,33)27-16-18-7-2-1-3-8-18/h1-12,15,17,26-27H,13-14,16H2,(H,28,30)(H,29,31). The van der Waals surface area contributed by atoms with E-state index in [0.29, 0.717) is 6.42 Å². The minimum atomic E-state index is -3.82. The van der Waals surface area contributed by atoms with Gasteiger partial charge in [0.2, 0.25) is 15.9 Å². The number of rotatable bonds is 8. The van der Waals surface area contributed by atoms with Crippen LogP contribution in [0.25, 0.3) is 10.9 Å². The Bertz CT molecular complexity index is 1420. The van der Waals surface area contributed by atoms with Gasteiger partial charge in [0.05, 0.1) is 4.90 Å². The van der Waals surface area contributed by atoms with Crippen LogP contribution in [-0.2, 0) is 27.8 Å². The third-order valence-electron chi connectivity index (χ3n) is 5.33. The maximum absolute atomic E-state index is 12.6. The van der Waals surface area contributed by atoms with Gasteiger partial charge in [-0.1, -0.05) is 54.6 Å². The van der Waals surface area contributed by atoms with Crippen LogP contribution in [0.4, 0.5) is 0 Å². The lowest BCUT2D eigenvalue weighted by Crippen LogP contribution is -2.41. The van der Waals surface area contributed by atoms with Crippen molar-refractivity contribution in [2.45, 2.75) is 24.3 Å². The SMILES string of the molecule is O=C(CCc1c[nH]c2ccccc12)NNC(=O)c1cccc(S(=O)(=O)NCc2ccccc2)c1. The Hall–Kier alpha value is -3.95. The van der Waals surface area contributed by atoms with Gasteiger partial charge in [-0.2, -0.15) is 0 Å². The number of amides is 2. The molecule has 1 heterocycles. The van der Waals surface area contributed by atoms with Gasteiger partial charge in [0.1, 0.15) is 0 Å². The van der Waals surface area contributed by atoms with E-state index in [4.69, 9.17) is 0 Å². The number of para-hydroxylation sites is 1. The Balaban J connectivity index is 1.31. The van der Waals surface area contributed by atoms with Crippen LogP contribution in [0.5, 0.6) is 0 Å². The molecule has 0 aliphatic heterocycles. The number of carbonyl (C=O) groups excluding carboxylic acids is 2. The van der Waals surface area contributed by atoms with Gasteiger partial charge in [-0.25, -0.2) is 13.1 Å². The van der Waals surface area contributed by atoms with Crippen LogP contribution in [0.15, 0.2) is 90.0 Å². The zero-order chi connectivity index (χ0) is 24.0. The summed E-state index contributed by atoms with van der Waals surface area (Å²) in [4.78, 5) is 27.8. The summed E-state index contributed by atoms with van der Waals surface area (Å²) >= 11 is 0. The number of carbonyl (C=O) groups is 2. The van der Waals surface area contributed by atoms with Crippen molar-refractivity contribution in [2.75, 3.05) is 0 Å². The van der Waals surface area contributed by atoms with E-state index in [1.807, 2.05) is 60.8 Å². The molecule has 4 N–H and O–H groups in total. The summed E-state index contributed by atoms with van der Waals surface area (Å²) in [6.07, 6.45) is 2.56. The third-order valence-corrected chi connectivity index (χ3v) is 6.73. The first-order valence-corrected chi connectivity index (χ1v) is 12.2. The van der Waals surface area contributed by atoms with Crippen LogP contribution < -0.4 is 15.6 Å². The Morgan fingerprint density at radius 2 is 1.62 bits per heavy atom. The van der Waals surface area contributed by atoms with E-state index in [-0.39, 0.29) is 29.3 Å². The largest absolute Gasteiger partial charge is 0.361 e. The number of aryl methyl sites for hydroxylation is 1. The van der Waals surface area contributed by atoms with Crippen LogP contribution in [-0.4, -0.2) is 25.2 Å². The smallest absolute Gasteiger partial charge is 0.269 e. The topological polar surface area (TPSA) is 120 Å². The zero-order valence-corrected chi connectivity index (χ0v) is 19.1. The van der Waals surface area contributed by atoms with Gasteiger partial charge in [-0.15, -0.1) is 0 Å². The first kappa shape index (κ1) is 23.2. The van der Waals surface area contributed by atoms with Gasteiger partial charge in [0.25, 0.3) is 5.91 Å². The molecule has 2 amide bonds. The molecule has 0 atom stereocenters. The molecule has 8 nitrogen and oxygen atoms in total. The molecule has 0 spiro atoms. The lowest BCUT2D eigenvalue weighted by atomic mass is 10.1. The summed E-state index contributed by atoms with van der Waals surface area (Å²) in [6.45, 7) is 0.131. The highest BCUT2D eigenvalue weighted by molar-refractivity contribution is 7.89. The molecule has 1 aromatic heterocycles. The van der Waals surface area contributed by atoms with E-state index in [2.05, 4.69) is 20.6 Å². The fourth-order valence-electron chi connectivity index (χ4n) is 3.51. The molecule has 9 heteroatoms. The first-order valence-electron chi connectivity index (χ1n) is 10.7. The van der Waals surface area contributed by atoms with Crippen LogP contribution >= 0.6 is 0 Å². The zero-order valence-electron chi connectivity index (χ0n) is 18.2. The predicted octanol–water partition coefficient (Wildman–Crippen LogP) is 3.04. The third kappa shape index (κ3) is 5.69. The molecular weight excluding hydrogens is 452 g/mol. The molecule has 0 aliphatic carbocycles. The summed E-state index contributed by atoms with van der Waals surface area (Å²) in [5, 5.41) is 1.05. The summed E-state index contributed by atoms with van der Waals surface area (Å²) in [7, 11) is -3.82. The first-order chi connectivity index (χ1) is 16.4. The molecule has 174 valence electrons. The van der Waals surface area contributed by atoms with Gasteiger partial charge in [0.15, 0.2) is 0 Å². The number of H-pyrrole nitrogens is 1. The average Bonchev–Trinajstić information content (AvgIpc) is 3.28. The number of hydrogen-bond acceptors (Lipinski definition) is 4. The van der Waals surface area contributed by atoms with Crippen LogP contribution in [0.3, 0.4) is 0 Å². The summed E-state index contributed by atoms with van der Waals surface area (Å²) in [6, 6.07) is 22.6. The highest BCUT2D eigenvalue weighted by atomic mass is 32.2. The quantitative estimate of drug-likeness (QED) is 0.292. The van der Waals surface area contributed by atoms with Gasteiger partial charge in [-0.3, -0.25) is 20.4 Å². The fraction of sp³-hybridized carbons (Fsp3) is 0.120. The van der Waals surface area contributed by atoms with Gasteiger partial charge in [0, 0.05) is 35.6 Å². The number of benzene rings is 3. The van der Waals surface area contributed by atoms with E-state index in [1.54, 1.807) is 0 Å². The van der Waals surface area contributed by atoms with Crippen molar-refractivity contribution >= 4 is 32.7 Å². The molecule has 34 heavy (non-hydrogen) atoms. The molecule has 4 aromatic rings. The minimum absolute atomic E-state index is 0.0401. The molecular formula is C25H24N4O4S. The lowest BCUT2D eigenvalue weighted by molar-refractivity contribution is -0.121. The minimum Gasteiger partial charge on any atom is -0.361 e. The van der Waals surface area contributed by atoms with E-state index >= 15 is 0 Å². The van der Waals surface area contributed by atoms with Crippen molar-refractivity contribution in [3.05, 3.63) is 102 Å². The summed E-state index contributed by atoms with van der Waals surface area (Å²) in [5.41, 5.74) is 7.66. The molecule has 3 aromatic carbocycles. The normalized spacial score (nSPS) is 11.3. The van der Waals surface area contributed by atoms with Crippen molar-refractivity contribution in [3.63, 3.8) is 0 Å². The number of aromatic nitrogens is 1. The Morgan fingerprint density at radius 1 is 0.853 bits per heavy atom. The van der Waals surface area contributed by atoms with Gasteiger partial charge in [-0.05, 0) is 41.8 Å². The number of hydrogen-bond donors (Lipinski definition) is 4. The maximum atomic E-state index is 12.6. The Kier molecular flexibility index (Phi) is 7.05. The molecule has 0 radical (unpaired) electrons. The predicted molar refractivity (Wildman–Crippen MR) is 129 cm³/mol. The molecule has 0 unspecified atom stereocenters. The van der Waals surface area contributed by atoms with Crippen molar-refractivity contribution < 1.29 is 18.0 Å². The van der Waals surface area contributed by atoms with Crippen LogP contribution in [0.1, 0.15) is 27.9 Å². The van der Waals surface area contributed by atoms with Crippen molar-refractivity contribution in [1.29, 1.82) is 0 Å². The average molecular weight is 477 g/mol. The molecule has 0 saturated carbocycles. The van der Waals surface area contributed by atoms with E-state index in [1.165, 1.54) is 24.3 Å². The second-order valence-corrected chi connectivity index (χ2v) is 9.47. The number of aromatic amines is 1. The number of nitrogens with one attached hydrogen (secondary N) is 4. The summed E-state index contributed by atoms with van der Waals surface area (Å²) in [5.74, 6) is -0.965. The van der Waals surface area contributed by atoms with Crippen LogP contribution in [0.2, 0.25) is 0 Å². The van der Waals surface area contributed by atoms with Crippen molar-refractivity contribution in [3.8, 4) is 0 Å². The van der Waals surface area contributed by atoms with Crippen molar-refractivity contribution in [1.82, 2.24) is 20.6 Å². The Morgan fingerprint density at radius 3 is 2.44 bits per heavy atom. The molecule has 0 fully saturated rings. The second-order valence-electron chi connectivity index (χ2n) is 7.70. The maximum Gasteiger partial charge on any atom is 0.269 e. The number of sulfonamides is 1. The Labute approximate surface area is 197 Å². The number of fused-ring (bicyclic) bond motifs is 1. The molecule has 0 aliphatic rings. The fourth-order valence-corrected chi connectivity index (χ4v) is 4.57. The molecule has 0 saturated heterocycles. The molecule has 4 rings (SSSR count). The van der Waals surface area contributed by atoms with Gasteiger partial charge >= 0.3 is 0 Å². The van der Waals surface area contributed by atoms with E-state index in [9.17, 15) is 18.0 Å².